The lowest BCUT2D eigenvalue weighted by molar-refractivity contribution is 0.229. The topological polar surface area (TPSA) is 35.2 Å². The summed E-state index contributed by atoms with van der Waals surface area (Å²) in [4.78, 5) is 0. The minimum Gasteiger partial charge on any atom is -0.489 e. The van der Waals surface area contributed by atoms with Gasteiger partial charge in [0.2, 0.25) is 0 Å². The number of ether oxygens (including phenoxy) is 1. The van der Waals surface area contributed by atoms with Crippen molar-refractivity contribution in [2.24, 2.45) is 5.73 Å². The first-order chi connectivity index (χ1) is 5.72. The van der Waals surface area contributed by atoms with Gasteiger partial charge < -0.3 is 10.5 Å². The normalized spacial score (nSPS) is 12.6. The third kappa shape index (κ3) is 2.51. The number of hydrogen-bond acceptors (Lipinski definition) is 2. The molecule has 1 aromatic carbocycles. The molecule has 0 radical (unpaired) electrons. The molecular formula is C9H12FNO. The Balaban J connectivity index is 2.63. The summed E-state index contributed by atoms with van der Waals surface area (Å²) >= 11 is 0. The summed E-state index contributed by atoms with van der Waals surface area (Å²) in [6.45, 7) is 2.27. The van der Waals surface area contributed by atoms with Crippen LogP contribution in [0.5, 0.6) is 5.75 Å². The van der Waals surface area contributed by atoms with Gasteiger partial charge in [-0.25, -0.2) is 4.39 Å². The lowest BCUT2D eigenvalue weighted by Crippen LogP contribution is -2.22. The molecule has 1 unspecified atom stereocenters. The van der Waals surface area contributed by atoms with Crippen molar-refractivity contribution in [2.75, 3.05) is 6.54 Å². The van der Waals surface area contributed by atoms with Gasteiger partial charge in [-0.3, -0.25) is 0 Å². The van der Waals surface area contributed by atoms with E-state index in [-0.39, 0.29) is 11.9 Å². The first kappa shape index (κ1) is 9.00. The quantitative estimate of drug-likeness (QED) is 0.745. The van der Waals surface area contributed by atoms with Crippen LogP contribution in [0.3, 0.4) is 0 Å². The maximum atomic E-state index is 12.6. The van der Waals surface area contributed by atoms with Crippen molar-refractivity contribution in [1.29, 1.82) is 0 Å². The van der Waals surface area contributed by atoms with Crippen LogP contribution in [-0.4, -0.2) is 12.6 Å². The molecule has 0 aliphatic carbocycles. The van der Waals surface area contributed by atoms with E-state index in [2.05, 4.69) is 0 Å². The fourth-order valence-corrected chi connectivity index (χ4v) is 0.821. The molecule has 0 saturated carbocycles. The van der Waals surface area contributed by atoms with Crippen LogP contribution in [0.2, 0.25) is 0 Å². The summed E-state index contributed by atoms with van der Waals surface area (Å²) in [7, 11) is 0. The van der Waals surface area contributed by atoms with Crippen LogP contribution >= 0.6 is 0 Å². The second-order valence-corrected chi connectivity index (χ2v) is 2.62. The molecule has 0 aliphatic rings. The average Bonchev–Trinajstić information content (AvgIpc) is 2.04. The summed E-state index contributed by atoms with van der Waals surface area (Å²) in [5, 5.41) is 0. The van der Waals surface area contributed by atoms with Crippen molar-refractivity contribution < 1.29 is 9.13 Å². The van der Waals surface area contributed by atoms with Gasteiger partial charge in [0, 0.05) is 12.6 Å². The molecule has 0 heterocycles. The Morgan fingerprint density at radius 1 is 1.58 bits per heavy atom. The summed E-state index contributed by atoms with van der Waals surface area (Å²) in [5.74, 6) is 0.227. The predicted molar refractivity (Wildman–Crippen MR) is 45.5 cm³/mol. The van der Waals surface area contributed by atoms with Gasteiger partial charge in [-0.15, -0.1) is 0 Å². The first-order valence-corrected chi connectivity index (χ1v) is 3.84. The van der Waals surface area contributed by atoms with Crippen molar-refractivity contribution in [3.05, 3.63) is 30.1 Å². The van der Waals surface area contributed by atoms with Crippen molar-refractivity contribution >= 4 is 0 Å². The molecule has 12 heavy (non-hydrogen) atoms. The maximum absolute atomic E-state index is 12.6. The standard InChI is InChI=1S/C9H12FNO/c1-7(6-11)12-9-4-2-3-8(10)5-9/h2-5,7H,6,11H2,1H3. The second-order valence-electron chi connectivity index (χ2n) is 2.62. The van der Waals surface area contributed by atoms with E-state index < -0.39 is 0 Å². The minimum atomic E-state index is -0.295. The zero-order chi connectivity index (χ0) is 8.97. The summed E-state index contributed by atoms with van der Waals surface area (Å²) in [5.41, 5.74) is 5.34. The zero-order valence-corrected chi connectivity index (χ0v) is 6.96. The minimum absolute atomic E-state index is 0.0770. The second kappa shape index (κ2) is 4.07. The fraction of sp³-hybridized carbons (Fsp3) is 0.333. The van der Waals surface area contributed by atoms with Crippen molar-refractivity contribution in [3.8, 4) is 5.75 Å². The van der Waals surface area contributed by atoms with Gasteiger partial charge in [0.25, 0.3) is 0 Å². The lowest BCUT2D eigenvalue weighted by atomic mass is 10.3. The van der Waals surface area contributed by atoms with Gasteiger partial charge in [0.1, 0.15) is 17.7 Å². The molecule has 0 amide bonds. The molecule has 0 spiro atoms. The third-order valence-electron chi connectivity index (χ3n) is 1.47. The number of nitrogens with two attached hydrogens (primary N) is 1. The number of rotatable bonds is 3. The summed E-state index contributed by atoms with van der Waals surface area (Å²) in [6.07, 6.45) is -0.0770. The van der Waals surface area contributed by atoms with E-state index in [0.717, 1.165) is 0 Å². The van der Waals surface area contributed by atoms with Gasteiger partial charge in [-0.2, -0.15) is 0 Å². The van der Waals surface area contributed by atoms with Gasteiger partial charge >= 0.3 is 0 Å². The molecule has 0 bridgehead atoms. The number of benzene rings is 1. The predicted octanol–water partition coefficient (Wildman–Crippen LogP) is 1.55. The van der Waals surface area contributed by atoms with Crippen molar-refractivity contribution in [3.63, 3.8) is 0 Å². The zero-order valence-electron chi connectivity index (χ0n) is 6.96. The Morgan fingerprint density at radius 2 is 2.33 bits per heavy atom. The molecule has 2 nitrogen and oxygen atoms in total. The van der Waals surface area contributed by atoms with E-state index in [1.54, 1.807) is 12.1 Å². The maximum Gasteiger partial charge on any atom is 0.126 e. The van der Waals surface area contributed by atoms with E-state index in [9.17, 15) is 4.39 Å². The summed E-state index contributed by atoms with van der Waals surface area (Å²) < 4.78 is 17.9. The van der Waals surface area contributed by atoms with E-state index in [4.69, 9.17) is 10.5 Å². The average molecular weight is 169 g/mol. The molecule has 3 heteroatoms. The fourth-order valence-electron chi connectivity index (χ4n) is 0.821. The van der Waals surface area contributed by atoms with E-state index >= 15 is 0 Å². The van der Waals surface area contributed by atoms with E-state index in [1.807, 2.05) is 6.92 Å². The molecule has 1 aromatic rings. The van der Waals surface area contributed by atoms with Crippen molar-refractivity contribution in [1.82, 2.24) is 0 Å². The monoisotopic (exact) mass is 169 g/mol. The Morgan fingerprint density at radius 3 is 2.92 bits per heavy atom. The Hall–Kier alpha value is -1.09. The number of hydrogen-bond donors (Lipinski definition) is 1. The van der Waals surface area contributed by atoms with Crippen LogP contribution < -0.4 is 10.5 Å². The van der Waals surface area contributed by atoms with Gasteiger partial charge in [0.05, 0.1) is 0 Å². The van der Waals surface area contributed by atoms with E-state index in [0.29, 0.717) is 12.3 Å². The lowest BCUT2D eigenvalue weighted by Gasteiger charge is -2.11. The van der Waals surface area contributed by atoms with Crippen LogP contribution in [-0.2, 0) is 0 Å². The molecule has 0 saturated heterocycles. The van der Waals surface area contributed by atoms with Crippen LogP contribution in [0, 0.1) is 5.82 Å². The van der Waals surface area contributed by atoms with Gasteiger partial charge in [-0.05, 0) is 19.1 Å². The Kier molecular flexibility index (Phi) is 3.05. The third-order valence-corrected chi connectivity index (χ3v) is 1.47. The van der Waals surface area contributed by atoms with Crippen LogP contribution in [0.15, 0.2) is 24.3 Å². The highest BCUT2D eigenvalue weighted by atomic mass is 19.1. The molecule has 0 aromatic heterocycles. The van der Waals surface area contributed by atoms with Crippen molar-refractivity contribution in [2.45, 2.75) is 13.0 Å². The van der Waals surface area contributed by atoms with Crippen LogP contribution in [0.25, 0.3) is 0 Å². The van der Waals surface area contributed by atoms with Gasteiger partial charge in [0.15, 0.2) is 0 Å². The molecular weight excluding hydrogens is 157 g/mol. The Bertz CT molecular complexity index is 252. The highest BCUT2D eigenvalue weighted by molar-refractivity contribution is 5.22. The molecule has 1 rings (SSSR count). The largest absolute Gasteiger partial charge is 0.489 e. The van der Waals surface area contributed by atoms with Crippen LogP contribution in [0.1, 0.15) is 6.92 Å². The van der Waals surface area contributed by atoms with E-state index in [1.165, 1.54) is 12.1 Å². The smallest absolute Gasteiger partial charge is 0.126 e. The first-order valence-electron chi connectivity index (χ1n) is 3.84. The van der Waals surface area contributed by atoms with Gasteiger partial charge in [-0.1, -0.05) is 6.07 Å². The Labute approximate surface area is 71.1 Å². The SMILES string of the molecule is CC(CN)Oc1cccc(F)c1. The molecule has 0 aliphatic heterocycles. The molecule has 2 N–H and O–H groups in total. The molecule has 0 fully saturated rings. The summed E-state index contributed by atoms with van der Waals surface area (Å²) in [6, 6.07) is 6.02. The highest BCUT2D eigenvalue weighted by Crippen LogP contribution is 2.13. The molecule has 66 valence electrons. The van der Waals surface area contributed by atoms with Crippen LogP contribution in [0.4, 0.5) is 4.39 Å². The number of halogens is 1. The highest BCUT2D eigenvalue weighted by Gasteiger charge is 2.00. The molecule has 1 atom stereocenters.